The van der Waals surface area contributed by atoms with Crippen LogP contribution in [0.3, 0.4) is 0 Å². The van der Waals surface area contributed by atoms with Crippen molar-refractivity contribution in [3.05, 3.63) is 29.8 Å². The second-order valence-electron chi connectivity index (χ2n) is 3.08. The Bertz CT molecular complexity index is 302. The van der Waals surface area contributed by atoms with Gasteiger partial charge in [-0.2, -0.15) is 0 Å². The molecule has 0 amide bonds. The van der Waals surface area contributed by atoms with Gasteiger partial charge in [0.1, 0.15) is 11.9 Å². The highest BCUT2D eigenvalue weighted by Gasteiger charge is 2.13. The molecule has 0 spiro atoms. The lowest BCUT2D eigenvalue weighted by molar-refractivity contribution is -0.130. The van der Waals surface area contributed by atoms with Crippen molar-refractivity contribution in [3.63, 3.8) is 0 Å². The lowest BCUT2D eigenvalue weighted by Crippen LogP contribution is -2.21. The normalized spacial score (nSPS) is 14.9. The maximum absolute atomic E-state index is 9.47. The molecule has 4 N–H and O–H groups in total. The molecule has 1 unspecified atom stereocenters. The molecule has 0 aromatic heterocycles. The summed E-state index contributed by atoms with van der Waals surface area (Å²) in [6, 6.07) is 6.19. The number of aromatic hydroxyl groups is 1. The maximum Gasteiger partial charge on any atom is 0.184 e. The number of hydrogen-bond donors (Lipinski definition) is 4. The molecule has 0 aliphatic rings. The average molecular weight is 214 g/mol. The van der Waals surface area contributed by atoms with Crippen molar-refractivity contribution < 1.29 is 25.2 Å². The van der Waals surface area contributed by atoms with Crippen molar-refractivity contribution in [2.45, 2.75) is 12.4 Å². The molecule has 1 aromatic carbocycles. The summed E-state index contributed by atoms with van der Waals surface area (Å²) >= 11 is 0. The summed E-state index contributed by atoms with van der Waals surface area (Å²) in [6.45, 7) is -0.639. The Kier molecular flexibility index (Phi) is 4.51. The van der Waals surface area contributed by atoms with Gasteiger partial charge in [0.25, 0.3) is 0 Å². The second-order valence-corrected chi connectivity index (χ2v) is 3.08. The minimum Gasteiger partial charge on any atom is -0.507 e. The number of aliphatic hydroxyl groups excluding tert-OH is 3. The quantitative estimate of drug-likeness (QED) is 0.508. The monoisotopic (exact) mass is 214 g/mol. The van der Waals surface area contributed by atoms with Crippen LogP contribution >= 0.6 is 0 Å². The Labute approximate surface area is 87.2 Å². The molecule has 0 heterocycles. The van der Waals surface area contributed by atoms with Crippen LogP contribution in [-0.4, -0.2) is 39.7 Å². The van der Waals surface area contributed by atoms with Crippen LogP contribution < -0.4 is 0 Å². The summed E-state index contributed by atoms with van der Waals surface area (Å²) < 4.78 is 4.85. The molecule has 1 aromatic rings. The standard InChI is InChI=1S/C10H14O5/c11-5-7(12)6-15-10(14)8-3-1-2-4-9(8)13/h1-4,7,10-14H,5-6H2/t7-,10?/m1/s1. The minimum atomic E-state index is -1.31. The molecule has 0 radical (unpaired) electrons. The number of aliphatic hydroxyl groups is 3. The van der Waals surface area contributed by atoms with Crippen LogP contribution in [0, 0.1) is 0 Å². The number of phenolic OH excluding ortho intramolecular Hbond substituents is 1. The molecule has 0 aliphatic carbocycles. The first-order chi connectivity index (χ1) is 7.15. The van der Waals surface area contributed by atoms with E-state index in [0.717, 1.165) is 0 Å². The van der Waals surface area contributed by atoms with E-state index in [1.54, 1.807) is 12.1 Å². The molecule has 1 rings (SSSR count). The molecule has 0 aliphatic heterocycles. The van der Waals surface area contributed by atoms with Gasteiger partial charge in [0, 0.05) is 5.56 Å². The first-order valence-electron chi connectivity index (χ1n) is 4.51. The van der Waals surface area contributed by atoms with Gasteiger partial charge in [0.15, 0.2) is 6.29 Å². The van der Waals surface area contributed by atoms with Gasteiger partial charge in [-0.1, -0.05) is 18.2 Å². The molecule has 84 valence electrons. The van der Waals surface area contributed by atoms with Crippen molar-refractivity contribution in [1.29, 1.82) is 0 Å². The number of rotatable bonds is 5. The molecule has 5 nitrogen and oxygen atoms in total. The summed E-state index contributed by atoms with van der Waals surface area (Å²) in [7, 11) is 0. The molecule has 0 saturated heterocycles. The largest absolute Gasteiger partial charge is 0.507 e. The molecular weight excluding hydrogens is 200 g/mol. The van der Waals surface area contributed by atoms with Gasteiger partial charge in [-0.05, 0) is 6.07 Å². The van der Waals surface area contributed by atoms with E-state index in [0.29, 0.717) is 0 Å². The highest BCUT2D eigenvalue weighted by atomic mass is 16.6. The Morgan fingerprint density at radius 1 is 1.20 bits per heavy atom. The second kappa shape index (κ2) is 5.67. The van der Waals surface area contributed by atoms with Gasteiger partial charge in [-0.3, -0.25) is 0 Å². The van der Waals surface area contributed by atoms with Gasteiger partial charge in [0.05, 0.1) is 13.2 Å². The molecule has 0 fully saturated rings. The summed E-state index contributed by atoms with van der Waals surface area (Å²) in [5.41, 5.74) is 0.225. The van der Waals surface area contributed by atoms with Crippen LogP contribution in [0.15, 0.2) is 24.3 Å². The summed E-state index contributed by atoms with van der Waals surface area (Å²) in [4.78, 5) is 0. The highest BCUT2D eigenvalue weighted by molar-refractivity contribution is 5.32. The van der Waals surface area contributed by atoms with Gasteiger partial charge >= 0.3 is 0 Å². The first-order valence-corrected chi connectivity index (χ1v) is 4.51. The van der Waals surface area contributed by atoms with E-state index in [-0.39, 0.29) is 17.9 Å². The molecule has 0 bridgehead atoms. The van der Waals surface area contributed by atoms with E-state index < -0.39 is 19.0 Å². The molecule has 15 heavy (non-hydrogen) atoms. The third-order valence-electron chi connectivity index (χ3n) is 1.86. The topological polar surface area (TPSA) is 90.2 Å². The van der Waals surface area contributed by atoms with Gasteiger partial charge in [-0.15, -0.1) is 0 Å². The summed E-state index contributed by atoms with van der Waals surface area (Å²) in [6.07, 6.45) is -2.35. The van der Waals surface area contributed by atoms with E-state index in [9.17, 15) is 10.2 Å². The Morgan fingerprint density at radius 3 is 2.47 bits per heavy atom. The SMILES string of the molecule is OC[C@@H](O)COC(O)c1ccccc1O. The van der Waals surface area contributed by atoms with E-state index >= 15 is 0 Å². The number of ether oxygens (including phenoxy) is 1. The predicted molar refractivity (Wildman–Crippen MR) is 52.1 cm³/mol. The molecular formula is C10H14O5. The zero-order chi connectivity index (χ0) is 11.3. The number of phenols is 1. The average Bonchev–Trinajstić information content (AvgIpc) is 2.26. The number of hydrogen-bond acceptors (Lipinski definition) is 5. The lowest BCUT2D eigenvalue weighted by atomic mass is 10.2. The van der Waals surface area contributed by atoms with Crippen molar-refractivity contribution in [2.75, 3.05) is 13.2 Å². The number of benzene rings is 1. The third-order valence-corrected chi connectivity index (χ3v) is 1.86. The smallest absolute Gasteiger partial charge is 0.184 e. The third kappa shape index (κ3) is 3.49. The Hall–Kier alpha value is -1.14. The first kappa shape index (κ1) is 11.9. The van der Waals surface area contributed by atoms with Gasteiger partial charge in [0.2, 0.25) is 0 Å². The summed E-state index contributed by atoms with van der Waals surface area (Å²) in [5, 5.41) is 36.3. The molecule has 2 atom stereocenters. The van der Waals surface area contributed by atoms with Crippen LogP contribution in [0.4, 0.5) is 0 Å². The Morgan fingerprint density at radius 2 is 1.87 bits per heavy atom. The van der Waals surface area contributed by atoms with Crippen LogP contribution in [0.2, 0.25) is 0 Å². The van der Waals surface area contributed by atoms with E-state index in [1.165, 1.54) is 12.1 Å². The fourth-order valence-corrected chi connectivity index (χ4v) is 1.04. The van der Waals surface area contributed by atoms with Crippen molar-refractivity contribution in [3.8, 4) is 5.75 Å². The van der Waals surface area contributed by atoms with E-state index in [2.05, 4.69) is 0 Å². The zero-order valence-electron chi connectivity index (χ0n) is 8.08. The summed E-state index contributed by atoms with van der Waals surface area (Å²) in [5.74, 6) is -0.0801. The highest BCUT2D eigenvalue weighted by Crippen LogP contribution is 2.24. The lowest BCUT2D eigenvalue weighted by Gasteiger charge is -2.15. The minimum absolute atomic E-state index is 0.0801. The predicted octanol–water partition coefficient (Wildman–Crippen LogP) is -0.247. The van der Waals surface area contributed by atoms with Gasteiger partial charge < -0.3 is 25.2 Å². The molecule has 0 saturated carbocycles. The van der Waals surface area contributed by atoms with Crippen LogP contribution in [0.25, 0.3) is 0 Å². The van der Waals surface area contributed by atoms with Crippen LogP contribution in [0.5, 0.6) is 5.75 Å². The fourth-order valence-electron chi connectivity index (χ4n) is 1.04. The van der Waals surface area contributed by atoms with Crippen LogP contribution in [-0.2, 0) is 4.74 Å². The number of para-hydroxylation sites is 1. The maximum atomic E-state index is 9.47. The molecule has 5 heteroatoms. The Balaban J connectivity index is 2.54. The van der Waals surface area contributed by atoms with E-state index in [1.807, 2.05) is 0 Å². The van der Waals surface area contributed by atoms with Crippen LogP contribution in [0.1, 0.15) is 11.9 Å². The van der Waals surface area contributed by atoms with E-state index in [4.69, 9.17) is 14.9 Å². The fraction of sp³-hybridized carbons (Fsp3) is 0.400. The zero-order valence-corrected chi connectivity index (χ0v) is 8.08. The van der Waals surface area contributed by atoms with Crippen molar-refractivity contribution >= 4 is 0 Å². The van der Waals surface area contributed by atoms with Crippen molar-refractivity contribution in [2.24, 2.45) is 0 Å². The van der Waals surface area contributed by atoms with Crippen molar-refractivity contribution in [1.82, 2.24) is 0 Å². The van der Waals surface area contributed by atoms with Gasteiger partial charge in [-0.25, -0.2) is 0 Å².